The van der Waals surface area contributed by atoms with Crippen LogP contribution in [-0.2, 0) is 11.3 Å². The van der Waals surface area contributed by atoms with Crippen molar-refractivity contribution in [2.24, 2.45) is 0 Å². The predicted octanol–water partition coefficient (Wildman–Crippen LogP) is 3.21. The molecule has 0 saturated heterocycles. The smallest absolute Gasteiger partial charge is 0.226 e. The lowest BCUT2D eigenvalue weighted by Gasteiger charge is -2.24. The van der Waals surface area contributed by atoms with Gasteiger partial charge in [0.2, 0.25) is 5.91 Å². The molecule has 1 aliphatic heterocycles. The Labute approximate surface area is 206 Å². The minimum Gasteiger partial charge on any atom is -0.492 e. The van der Waals surface area contributed by atoms with Gasteiger partial charge in [-0.3, -0.25) is 9.48 Å². The molecule has 1 atom stereocenters. The number of aromatic nitrogens is 8. The monoisotopic (exact) mass is 483 g/mol. The van der Waals surface area contributed by atoms with E-state index in [0.717, 1.165) is 34.0 Å². The second-order valence-corrected chi connectivity index (χ2v) is 8.93. The van der Waals surface area contributed by atoms with Crippen LogP contribution in [-0.4, -0.2) is 52.0 Å². The number of carbonyl (C=O) groups is 1. The van der Waals surface area contributed by atoms with E-state index in [2.05, 4.69) is 36.4 Å². The van der Waals surface area contributed by atoms with E-state index >= 15 is 0 Å². The third-order valence-electron chi connectivity index (χ3n) is 6.46. The summed E-state index contributed by atoms with van der Waals surface area (Å²) >= 11 is 0. The SMILES string of the molecule is Cc1cc(C)n(CCOc2ccc([C@H]3CC(=O)Nc4c3c(C)nn4-c3ncnc4nc[nH]c34)cc2)n1. The number of nitrogens with one attached hydrogen (secondary N) is 2. The summed E-state index contributed by atoms with van der Waals surface area (Å²) in [6, 6.07) is 9.97. The van der Waals surface area contributed by atoms with Gasteiger partial charge in [0.15, 0.2) is 11.5 Å². The number of fused-ring (bicyclic) bond motifs is 2. The van der Waals surface area contributed by atoms with Crippen LogP contribution in [0.3, 0.4) is 0 Å². The van der Waals surface area contributed by atoms with Gasteiger partial charge in [0.1, 0.15) is 30.0 Å². The predicted molar refractivity (Wildman–Crippen MR) is 132 cm³/mol. The van der Waals surface area contributed by atoms with Gasteiger partial charge < -0.3 is 15.0 Å². The number of amides is 1. The van der Waals surface area contributed by atoms with Crippen LogP contribution in [0.4, 0.5) is 5.82 Å². The lowest BCUT2D eigenvalue weighted by atomic mass is 9.86. The number of hydrogen-bond acceptors (Lipinski definition) is 7. The van der Waals surface area contributed by atoms with Crippen LogP contribution in [0.25, 0.3) is 17.0 Å². The molecule has 0 unspecified atom stereocenters. The van der Waals surface area contributed by atoms with E-state index in [4.69, 9.17) is 9.84 Å². The highest BCUT2D eigenvalue weighted by atomic mass is 16.5. The highest BCUT2D eigenvalue weighted by molar-refractivity contribution is 5.95. The van der Waals surface area contributed by atoms with E-state index in [-0.39, 0.29) is 11.8 Å². The number of H-pyrrole nitrogens is 1. The van der Waals surface area contributed by atoms with Crippen molar-refractivity contribution in [2.45, 2.75) is 39.7 Å². The molecule has 0 aliphatic carbocycles. The normalized spacial score (nSPS) is 15.2. The molecule has 0 spiro atoms. The summed E-state index contributed by atoms with van der Waals surface area (Å²) in [4.78, 5) is 28.6. The maximum Gasteiger partial charge on any atom is 0.226 e. The second-order valence-electron chi connectivity index (χ2n) is 8.93. The van der Waals surface area contributed by atoms with E-state index in [1.165, 1.54) is 6.33 Å². The van der Waals surface area contributed by atoms with Crippen LogP contribution in [0.2, 0.25) is 0 Å². The Morgan fingerprint density at radius 3 is 2.69 bits per heavy atom. The fourth-order valence-electron chi connectivity index (χ4n) is 4.85. The van der Waals surface area contributed by atoms with E-state index in [0.29, 0.717) is 42.4 Å². The molecule has 1 amide bonds. The number of anilines is 1. The standard InChI is InChI=1S/C25H25N9O2/c1-14-10-15(2)33(31-14)8-9-36-18-6-4-17(5-7-18)19-11-20(35)30-24-21(19)16(3)32-34(24)25-22-23(27-12-26-22)28-13-29-25/h4-7,10,12-13,19H,8-9,11H2,1-3H3,(H,30,35)(H,26,27,28,29)/t19-/m1/s1. The van der Waals surface area contributed by atoms with E-state index in [9.17, 15) is 4.79 Å². The highest BCUT2D eigenvalue weighted by Gasteiger charge is 2.33. The Bertz CT molecular complexity index is 1580. The van der Waals surface area contributed by atoms with Crippen LogP contribution in [0, 0.1) is 20.8 Å². The highest BCUT2D eigenvalue weighted by Crippen LogP contribution is 2.40. The molecular formula is C25H25N9O2. The van der Waals surface area contributed by atoms with Crippen LogP contribution in [0.5, 0.6) is 5.75 Å². The molecule has 182 valence electrons. The van der Waals surface area contributed by atoms with Crippen molar-refractivity contribution in [3.8, 4) is 11.6 Å². The first kappa shape index (κ1) is 22.0. The summed E-state index contributed by atoms with van der Waals surface area (Å²) < 4.78 is 9.55. The summed E-state index contributed by atoms with van der Waals surface area (Å²) in [7, 11) is 0. The largest absolute Gasteiger partial charge is 0.492 e. The molecule has 0 saturated carbocycles. The van der Waals surface area contributed by atoms with Gasteiger partial charge in [-0.2, -0.15) is 14.9 Å². The van der Waals surface area contributed by atoms with Gasteiger partial charge in [0.25, 0.3) is 0 Å². The summed E-state index contributed by atoms with van der Waals surface area (Å²) in [5, 5.41) is 12.2. The van der Waals surface area contributed by atoms with Gasteiger partial charge in [0, 0.05) is 23.6 Å². The molecule has 4 aromatic heterocycles. The third-order valence-corrected chi connectivity index (χ3v) is 6.46. The molecule has 11 nitrogen and oxygen atoms in total. The summed E-state index contributed by atoms with van der Waals surface area (Å²) in [6.45, 7) is 7.16. The summed E-state index contributed by atoms with van der Waals surface area (Å²) in [5.41, 5.74) is 6.12. The number of nitrogens with zero attached hydrogens (tertiary/aromatic N) is 7. The van der Waals surface area contributed by atoms with E-state index < -0.39 is 0 Å². The average Bonchev–Trinajstić information content (AvgIpc) is 3.56. The van der Waals surface area contributed by atoms with Crippen molar-refractivity contribution >= 4 is 22.9 Å². The Balaban J connectivity index is 1.26. The zero-order valence-electron chi connectivity index (χ0n) is 20.2. The van der Waals surface area contributed by atoms with Crippen molar-refractivity contribution in [2.75, 3.05) is 11.9 Å². The number of aromatic amines is 1. The molecular weight excluding hydrogens is 458 g/mol. The quantitative estimate of drug-likeness (QED) is 0.379. The number of ether oxygens (including phenoxy) is 1. The minimum atomic E-state index is -0.134. The number of benzene rings is 1. The first-order chi connectivity index (χ1) is 17.5. The number of hydrogen-bond donors (Lipinski definition) is 2. The summed E-state index contributed by atoms with van der Waals surface area (Å²) in [5.74, 6) is 1.72. The van der Waals surface area contributed by atoms with Crippen LogP contribution >= 0.6 is 0 Å². The minimum absolute atomic E-state index is 0.0752. The van der Waals surface area contributed by atoms with Crippen molar-refractivity contribution in [3.63, 3.8) is 0 Å². The molecule has 5 aromatic rings. The molecule has 2 N–H and O–H groups in total. The zero-order chi connectivity index (χ0) is 24.8. The molecule has 36 heavy (non-hydrogen) atoms. The van der Waals surface area contributed by atoms with Crippen molar-refractivity contribution < 1.29 is 9.53 Å². The van der Waals surface area contributed by atoms with Gasteiger partial charge in [-0.25, -0.2) is 15.0 Å². The van der Waals surface area contributed by atoms with Gasteiger partial charge in [-0.15, -0.1) is 0 Å². The van der Waals surface area contributed by atoms with Crippen molar-refractivity contribution in [1.29, 1.82) is 0 Å². The van der Waals surface area contributed by atoms with Gasteiger partial charge >= 0.3 is 0 Å². The third kappa shape index (κ3) is 3.78. The first-order valence-electron chi connectivity index (χ1n) is 11.8. The lowest BCUT2D eigenvalue weighted by Crippen LogP contribution is -2.25. The van der Waals surface area contributed by atoms with Crippen LogP contribution < -0.4 is 10.1 Å². The Kier molecular flexibility index (Phi) is 5.24. The Morgan fingerprint density at radius 2 is 1.92 bits per heavy atom. The number of rotatable bonds is 6. The van der Waals surface area contributed by atoms with Crippen molar-refractivity contribution in [1.82, 2.24) is 39.5 Å². The maximum atomic E-state index is 12.8. The molecule has 1 aromatic carbocycles. The Morgan fingerprint density at radius 1 is 1.08 bits per heavy atom. The average molecular weight is 484 g/mol. The molecule has 0 bridgehead atoms. The van der Waals surface area contributed by atoms with E-state index in [1.54, 1.807) is 11.0 Å². The fourth-order valence-corrected chi connectivity index (χ4v) is 4.85. The number of imidazole rings is 1. The molecule has 11 heteroatoms. The van der Waals surface area contributed by atoms with Crippen molar-refractivity contribution in [3.05, 3.63) is 71.2 Å². The van der Waals surface area contributed by atoms with Gasteiger partial charge in [-0.05, 0) is 44.5 Å². The molecule has 0 radical (unpaired) electrons. The van der Waals surface area contributed by atoms with E-state index in [1.807, 2.05) is 49.7 Å². The molecule has 6 rings (SSSR count). The lowest BCUT2D eigenvalue weighted by molar-refractivity contribution is -0.116. The second kappa shape index (κ2) is 8.59. The van der Waals surface area contributed by atoms with Gasteiger partial charge in [0.05, 0.1) is 24.3 Å². The van der Waals surface area contributed by atoms with Gasteiger partial charge in [-0.1, -0.05) is 12.1 Å². The molecule has 5 heterocycles. The first-order valence-corrected chi connectivity index (χ1v) is 11.8. The van der Waals surface area contributed by atoms with Crippen LogP contribution in [0.1, 0.15) is 40.5 Å². The molecule has 1 aliphatic rings. The Hall–Kier alpha value is -4.54. The summed E-state index contributed by atoms with van der Waals surface area (Å²) in [6.07, 6.45) is 3.34. The maximum absolute atomic E-state index is 12.8. The number of carbonyl (C=O) groups excluding carboxylic acids is 1. The topological polar surface area (TPSA) is 128 Å². The number of aryl methyl sites for hydroxylation is 3. The zero-order valence-corrected chi connectivity index (χ0v) is 20.2. The molecule has 0 fully saturated rings. The fraction of sp³-hybridized carbons (Fsp3) is 0.280. The van der Waals surface area contributed by atoms with Crippen LogP contribution in [0.15, 0.2) is 43.0 Å².